The molecule has 1 heterocycles. The molecule has 2 rings (SSSR count). The topological polar surface area (TPSA) is 64.0 Å². The van der Waals surface area contributed by atoms with Gasteiger partial charge in [0.1, 0.15) is 0 Å². The van der Waals surface area contributed by atoms with Gasteiger partial charge in [-0.3, -0.25) is 14.2 Å². The van der Waals surface area contributed by atoms with Crippen LogP contribution in [0, 0.1) is 5.92 Å². The minimum Gasteiger partial charge on any atom is -0.352 e. The molecule has 7 heteroatoms. The molecule has 25 heavy (non-hydrogen) atoms. The Balaban J connectivity index is 2.46. The van der Waals surface area contributed by atoms with E-state index in [0.717, 1.165) is 0 Å². The fourth-order valence-corrected chi connectivity index (χ4v) is 3.43. The van der Waals surface area contributed by atoms with E-state index in [4.69, 9.17) is 11.6 Å². The molecule has 0 saturated carbocycles. The molecule has 0 aliphatic rings. The number of fused-ring (bicyclic) bond motifs is 1. The molecule has 0 spiro atoms. The average Bonchev–Trinajstić information content (AvgIpc) is 2.56. The maximum atomic E-state index is 12.9. The highest BCUT2D eigenvalue weighted by Gasteiger charge is 2.19. The first-order valence-corrected chi connectivity index (χ1v) is 9.34. The Hall–Kier alpha value is -1.79. The van der Waals surface area contributed by atoms with E-state index in [9.17, 15) is 9.59 Å². The van der Waals surface area contributed by atoms with Gasteiger partial charge in [-0.15, -0.1) is 6.58 Å². The Bertz CT molecular complexity index is 848. The molecular formula is C18H22ClN3O2S. The summed E-state index contributed by atoms with van der Waals surface area (Å²) < 4.78 is 1.63. The van der Waals surface area contributed by atoms with E-state index in [0.29, 0.717) is 34.2 Å². The lowest BCUT2D eigenvalue weighted by Gasteiger charge is -2.17. The second-order valence-corrected chi connectivity index (χ2v) is 7.90. The molecule has 0 aliphatic heterocycles. The third kappa shape index (κ3) is 4.86. The van der Waals surface area contributed by atoms with Crippen molar-refractivity contribution in [2.75, 3.05) is 6.54 Å². The maximum absolute atomic E-state index is 12.9. The quantitative estimate of drug-likeness (QED) is 0.454. The molecule has 0 saturated heterocycles. The number of carbonyl (C=O) groups excluding carboxylic acids is 1. The lowest BCUT2D eigenvalue weighted by molar-refractivity contribution is -0.120. The van der Waals surface area contributed by atoms with Crippen LogP contribution >= 0.6 is 23.4 Å². The fraction of sp³-hybridized carbons (Fsp3) is 0.389. The number of benzene rings is 1. The van der Waals surface area contributed by atoms with Gasteiger partial charge in [-0.05, 0) is 31.0 Å². The Morgan fingerprint density at radius 3 is 2.80 bits per heavy atom. The molecule has 1 aromatic heterocycles. The van der Waals surface area contributed by atoms with Crippen molar-refractivity contribution >= 4 is 40.2 Å². The van der Waals surface area contributed by atoms with Crippen LogP contribution in [0.15, 0.2) is 40.8 Å². The SMILES string of the molecule is C=CCNC(=O)[C@@H](C)Sc1nc2ccc(Cl)cc2c(=O)n1CC(C)C. The summed E-state index contributed by atoms with van der Waals surface area (Å²) in [6, 6.07) is 5.07. The second-order valence-electron chi connectivity index (χ2n) is 6.16. The number of amides is 1. The number of thioether (sulfide) groups is 1. The highest BCUT2D eigenvalue weighted by atomic mass is 35.5. The van der Waals surface area contributed by atoms with Gasteiger partial charge in [0.05, 0.1) is 16.2 Å². The van der Waals surface area contributed by atoms with Crippen LogP contribution in [0.5, 0.6) is 0 Å². The molecule has 2 aromatic rings. The van der Waals surface area contributed by atoms with Crippen molar-refractivity contribution in [1.29, 1.82) is 0 Å². The Labute approximate surface area is 156 Å². The number of hydrogen-bond acceptors (Lipinski definition) is 4. The van der Waals surface area contributed by atoms with Crippen molar-refractivity contribution in [2.24, 2.45) is 5.92 Å². The van der Waals surface area contributed by atoms with E-state index in [-0.39, 0.29) is 22.6 Å². The normalized spacial score (nSPS) is 12.4. The van der Waals surface area contributed by atoms with Gasteiger partial charge in [-0.1, -0.05) is 43.3 Å². The lowest BCUT2D eigenvalue weighted by atomic mass is 10.2. The predicted molar refractivity (Wildman–Crippen MR) is 104 cm³/mol. The van der Waals surface area contributed by atoms with Crippen molar-refractivity contribution in [3.63, 3.8) is 0 Å². The minimum atomic E-state index is -0.380. The van der Waals surface area contributed by atoms with Gasteiger partial charge in [0.25, 0.3) is 5.56 Å². The Kier molecular flexibility index (Phi) is 6.67. The minimum absolute atomic E-state index is 0.119. The molecule has 0 unspecified atom stereocenters. The summed E-state index contributed by atoms with van der Waals surface area (Å²) in [4.78, 5) is 29.6. The monoisotopic (exact) mass is 379 g/mol. The number of nitrogens with one attached hydrogen (secondary N) is 1. The molecule has 0 bridgehead atoms. The number of nitrogens with zero attached hydrogens (tertiary/aromatic N) is 2. The van der Waals surface area contributed by atoms with Crippen LogP contribution in [0.2, 0.25) is 5.02 Å². The zero-order valence-corrected chi connectivity index (χ0v) is 16.2. The summed E-state index contributed by atoms with van der Waals surface area (Å²) in [7, 11) is 0. The zero-order valence-electron chi connectivity index (χ0n) is 14.6. The first-order valence-electron chi connectivity index (χ1n) is 8.08. The summed E-state index contributed by atoms with van der Waals surface area (Å²) >= 11 is 7.30. The van der Waals surface area contributed by atoms with Crippen molar-refractivity contribution in [3.05, 3.63) is 46.2 Å². The van der Waals surface area contributed by atoms with Crippen molar-refractivity contribution in [1.82, 2.24) is 14.9 Å². The predicted octanol–water partition coefficient (Wildman–Crippen LogP) is 3.49. The Morgan fingerprint density at radius 1 is 1.44 bits per heavy atom. The van der Waals surface area contributed by atoms with Crippen LogP contribution in [0.1, 0.15) is 20.8 Å². The standard InChI is InChI=1S/C18H22ClN3O2S/c1-5-8-20-16(23)12(4)25-18-21-15-7-6-13(19)9-14(15)17(24)22(18)10-11(2)3/h5-7,9,11-12H,1,8,10H2,2-4H3,(H,20,23)/t12-/m1/s1. The first-order chi connectivity index (χ1) is 11.8. The smallest absolute Gasteiger partial charge is 0.262 e. The van der Waals surface area contributed by atoms with Gasteiger partial charge in [0.15, 0.2) is 5.16 Å². The molecule has 1 amide bonds. The van der Waals surface area contributed by atoms with E-state index < -0.39 is 0 Å². The highest BCUT2D eigenvalue weighted by Crippen LogP contribution is 2.24. The third-order valence-electron chi connectivity index (χ3n) is 3.50. The summed E-state index contributed by atoms with van der Waals surface area (Å²) in [5.74, 6) is 0.145. The van der Waals surface area contributed by atoms with Gasteiger partial charge in [0, 0.05) is 18.1 Å². The van der Waals surface area contributed by atoms with Crippen molar-refractivity contribution in [2.45, 2.75) is 37.7 Å². The fourth-order valence-electron chi connectivity index (χ4n) is 2.32. The Morgan fingerprint density at radius 2 is 2.16 bits per heavy atom. The molecule has 0 radical (unpaired) electrons. The van der Waals surface area contributed by atoms with Crippen LogP contribution in [0.25, 0.3) is 10.9 Å². The van der Waals surface area contributed by atoms with Crippen LogP contribution in [0.3, 0.4) is 0 Å². The molecule has 0 fully saturated rings. The zero-order chi connectivity index (χ0) is 18.6. The number of hydrogen-bond donors (Lipinski definition) is 1. The molecular weight excluding hydrogens is 358 g/mol. The summed E-state index contributed by atoms with van der Waals surface area (Å²) in [6.07, 6.45) is 1.63. The van der Waals surface area contributed by atoms with E-state index in [1.54, 1.807) is 35.8 Å². The number of carbonyl (C=O) groups is 1. The largest absolute Gasteiger partial charge is 0.352 e. The van der Waals surface area contributed by atoms with E-state index in [1.165, 1.54) is 11.8 Å². The van der Waals surface area contributed by atoms with Crippen LogP contribution in [-0.2, 0) is 11.3 Å². The van der Waals surface area contributed by atoms with E-state index in [1.807, 2.05) is 13.8 Å². The second kappa shape index (κ2) is 8.54. The molecule has 1 N–H and O–H groups in total. The lowest BCUT2D eigenvalue weighted by Crippen LogP contribution is -2.32. The third-order valence-corrected chi connectivity index (χ3v) is 4.83. The van der Waals surface area contributed by atoms with Gasteiger partial charge in [0.2, 0.25) is 5.91 Å². The summed E-state index contributed by atoms with van der Waals surface area (Å²) in [6.45, 7) is 10.4. The molecule has 1 aromatic carbocycles. The average molecular weight is 380 g/mol. The highest BCUT2D eigenvalue weighted by molar-refractivity contribution is 8.00. The van der Waals surface area contributed by atoms with E-state index >= 15 is 0 Å². The summed E-state index contributed by atoms with van der Waals surface area (Å²) in [5, 5.41) is 3.91. The van der Waals surface area contributed by atoms with Crippen LogP contribution < -0.4 is 10.9 Å². The van der Waals surface area contributed by atoms with Gasteiger partial charge in [-0.2, -0.15) is 0 Å². The molecule has 1 atom stereocenters. The molecule has 5 nitrogen and oxygen atoms in total. The van der Waals surface area contributed by atoms with Crippen molar-refractivity contribution < 1.29 is 4.79 Å². The number of rotatable bonds is 7. The van der Waals surface area contributed by atoms with Crippen LogP contribution in [-0.4, -0.2) is 27.3 Å². The summed E-state index contributed by atoms with van der Waals surface area (Å²) in [5.41, 5.74) is 0.443. The molecule has 0 aliphatic carbocycles. The van der Waals surface area contributed by atoms with E-state index in [2.05, 4.69) is 16.9 Å². The molecule has 134 valence electrons. The number of halogens is 1. The maximum Gasteiger partial charge on any atom is 0.262 e. The number of aromatic nitrogens is 2. The van der Waals surface area contributed by atoms with Gasteiger partial charge in [-0.25, -0.2) is 4.98 Å². The first kappa shape index (κ1) is 19.5. The van der Waals surface area contributed by atoms with Gasteiger partial charge >= 0.3 is 0 Å². The van der Waals surface area contributed by atoms with Gasteiger partial charge < -0.3 is 5.32 Å². The van der Waals surface area contributed by atoms with Crippen molar-refractivity contribution in [3.8, 4) is 0 Å². The van der Waals surface area contributed by atoms with Crippen LogP contribution in [0.4, 0.5) is 0 Å².